The number of aryl methyl sites for hydroxylation is 1. The van der Waals surface area contributed by atoms with E-state index >= 15 is 0 Å². The highest BCUT2D eigenvalue weighted by Gasteiger charge is 2.37. The van der Waals surface area contributed by atoms with Gasteiger partial charge in [-0.1, -0.05) is 11.6 Å². The molecule has 1 heterocycles. The average Bonchev–Trinajstić information content (AvgIpc) is 2.77. The monoisotopic (exact) mass is 386 g/mol. The number of carbonyl (C=O) groups excluding carboxylic acids is 3. The molecular weight excluding hydrogens is 368 g/mol. The van der Waals surface area contributed by atoms with Crippen molar-refractivity contribution in [2.75, 3.05) is 10.2 Å². The van der Waals surface area contributed by atoms with Crippen molar-refractivity contribution in [1.29, 1.82) is 0 Å². The lowest BCUT2D eigenvalue weighted by molar-refractivity contribution is 0.0635. The van der Waals surface area contributed by atoms with Gasteiger partial charge in [-0.25, -0.2) is 9.69 Å². The first-order valence-corrected chi connectivity index (χ1v) is 8.73. The highest BCUT2D eigenvalue weighted by Crippen LogP contribution is 2.33. The van der Waals surface area contributed by atoms with Crippen LogP contribution >= 0.6 is 11.6 Å². The quantitative estimate of drug-likeness (QED) is 0.752. The Morgan fingerprint density at radius 2 is 1.70 bits per heavy atom. The van der Waals surface area contributed by atoms with Crippen molar-refractivity contribution in [2.45, 2.75) is 33.3 Å². The maximum Gasteiger partial charge on any atom is 0.412 e. The van der Waals surface area contributed by atoms with Crippen LogP contribution in [-0.2, 0) is 4.74 Å². The number of fused-ring (bicyclic) bond motifs is 1. The SMILES string of the molecule is Cc1cc(NC(=O)OC(C)(C)C)ccc1N1C(=O)c2ccc(Cl)cc2C1=O. The minimum Gasteiger partial charge on any atom is -0.444 e. The van der Waals surface area contributed by atoms with Crippen LogP contribution in [0.5, 0.6) is 0 Å². The summed E-state index contributed by atoms with van der Waals surface area (Å²) in [5.74, 6) is -0.823. The van der Waals surface area contributed by atoms with Crippen molar-refractivity contribution in [3.05, 3.63) is 58.1 Å². The molecule has 2 aromatic rings. The Hall–Kier alpha value is -2.86. The number of ether oxygens (including phenoxy) is 1. The van der Waals surface area contributed by atoms with Gasteiger partial charge in [0.25, 0.3) is 11.8 Å². The van der Waals surface area contributed by atoms with Crippen molar-refractivity contribution in [3.63, 3.8) is 0 Å². The van der Waals surface area contributed by atoms with E-state index in [2.05, 4.69) is 5.32 Å². The standard InChI is InChI=1S/C20H19ClN2O4/c1-11-9-13(22-19(26)27-20(2,3)4)6-8-16(11)23-17(24)14-7-5-12(21)10-15(14)18(23)25/h5-10H,1-4H3,(H,22,26). The van der Waals surface area contributed by atoms with Crippen molar-refractivity contribution < 1.29 is 19.1 Å². The highest BCUT2D eigenvalue weighted by molar-refractivity contribution is 6.36. The van der Waals surface area contributed by atoms with Crippen LogP contribution in [0.15, 0.2) is 36.4 Å². The number of hydrogen-bond acceptors (Lipinski definition) is 4. The molecule has 0 radical (unpaired) electrons. The second kappa shape index (κ2) is 6.70. The second-order valence-electron chi connectivity index (χ2n) is 7.26. The molecule has 2 aromatic carbocycles. The van der Waals surface area contributed by atoms with E-state index in [9.17, 15) is 14.4 Å². The Labute approximate surface area is 162 Å². The molecule has 3 amide bonds. The van der Waals surface area contributed by atoms with Gasteiger partial charge in [-0.2, -0.15) is 0 Å². The van der Waals surface area contributed by atoms with Crippen molar-refractivity contribution in [1.82, 2.24) is 0 Å². The van der Waals surface area contributed by atoms with Gasteiger partial charge in [-0.3, -0.25) is 14.9 Å². The predicted molar refractivity (Wildman–Crippen MR) is 104 cm³/mol. The minimum atomic E-state index is -0.611. The fraction of sp³-hybridized carbons (Fsp3) is 0.250. The summed E-state index contributed by atoms with van der Waals surface area (Å²) in [5, 5.41) is 3.03. The zero-order valence-corrected chi connectivity index (χ0v) is 16.2. The summed E-state index contributed by atoms with van der Waals surface area (Å²) in [6.07, 6.45) is -0.579. The zero-order valence-electron chi connectivity index (χ0n) is 15.4. The van der Waals surface area contributed by atoms with Gasteiger partial charge in [-0.15, -0.1) is 0 Å². The van der Waals surface area contributed by atoms with Crippen molar-refractivity contribution in [3.8, 4) is 0 Å². The van der Waals surface area contributed by atoms with E-state index in [0.717, 1.165) is 4.90 Å². The first-order chi connectivity index (χ1) is 12.6. The van der Waals surface area contributed by atoms with Gasteiger partial charge in [-0.05, 0) is 69.7 Å². The highest BCUT2D eigenvalue weighted by atomic mass is 35.5. The van der Waals surface area contributed by atoms with E-state index in [1.165, 1.54) is 6.07 Å². The lowest BCUT2D eigenvalue weighted by Crippen LogP contribution is -2.30. The molecule has 0 unspecified atom stereocenters. The minimum absolute atomic E-state index is 0.280. The lowest BCUT2D eigenvalue weighted by atomic mass is 10.1. The molecule has 1 N–H and O–H groups in total. The summed E-state index contributed by atoms with van der Waals surface area (Å²) in [7, 11) is 0. The Balaban J connectivity index is 1.86. The molecule has 0 aromatic heterocycles. The Morgan fingerprint density at radius 1 is 1.04 bits per heavy atom. The predicted octanol–water partition coefficient (Wildman–Crippen LogP) is 4.80. The molecule has 27 heavy (non-hydrogen) atoms. The number of imide groups is 1. The van der Waals surface area contributed by atoms with Gasteiger partial charge in [0.2, 0.25) is 0 Å². The number of nitrogens with one attached hydrogen (secondary N) is 1. The smallest absolute Gasteiger partial charge is 0.412 e. The molecule has 0 saturated heterocycles. The average molecular weight is 387 g/mol. The number of carbonyl (C=O) groups is 3. The van der Waals surface area contributed by atoms with Gasteiger partial charge in [0.1, 0.15) is 5.60 Å². The van der Waals surface area contributed by atoms with Crippen LogP contribution in [0.2, 0.25) is 5.02 Å². The lowest BCUT2D eigenvalue weighted by Gasteiger charge is -2.20. The fourth-order valence-corrected chi connectivity index (χ4v) is 3.01. The van der Waals surface area contributed by atoms with Crippen LogP contribution in [-0.4, -0.2) is 23.5 Å². The van der Waals surface area contributed by atoms with Crippen LogP contribution < -0.4 is 10.2 Å². The number of amides is 3. The summed E-state index contributed by atoms with van der Waals surface area (Å²) in [5.41, 5.74) is 1.60. The topological polar surface area (TPSA) is 75.7 Å². The molecule has 6 nitrogen and oxygen atoms in total. The molecular formula is C20H19ClN2O4. The summed E-state index contributed by atoms with van der Waals surface area (Å²) < 4.78 is 5.22. The van der Waals surface area contributed by atoms with E-state index in [1.54, 1.807) is 58.0 Å². The number of benzene rings is 2. The van der Waals surface area contributed by atoms with Gasteiger partial charge in [0.05, 0.1) is 16.8 Å². The van der Waals surface area contributed by atoms with Gasteiger partial charge in [0.15, 0.2) is 0 Å². The van der Waals surface area contributed by atoms with Crippen LogP contribution in [0.3, 0.4) is 0 Å². The maximum absolute atomic E-state index is 12.7. The zero-order chi connectivity index (χ0) is 19.9. The van der Waals surface area contributed by atoms with Crippen LogP contribution in [0.4, 0.5) is 16.2 Å². The molecule has 0 atom stereocenters. The van der Waals surface area contributed by atoms with Crippen molar-refractivity contribution >= 4 is 40.9 Å². The van der Waals surface area contributed by atoms with Gasteiger partial charge >= 0.3 is 6.09 Å². The number of anilines is 2. The van der Waals surface area contributed by atoms with E-state index in [4.69, 9.17) is 16.3 Å². The molecule has 1 aliphatic rings. The number of halogens is 1. The van der Waals surface area contributed by atoms with E-state index in [1.807, 2.05) is 0 Å². The molecule has 7 heteroatoms. The van der Waals surface area contributed by atoms with Crippen molar-refractivity contribution in [2.24, 2.45) is 0 Å². The maximum atomic E-state index is 12.7. The van der Waals surface area contributed by atoms with Gasteiger partial charge in [0, 0.05) is 10.7 Å². The first kappa shape index (κ1) is 18.9. The molecule has 3 rings (SSSR count). The molecule has 1 aliphatic heterocycles. The Bertz CT molecular complexity index is 963. The van der Waals surface area contributed by atoms with E-state index in [-0.39, 0.29) is 5.56 Å². The van der Waals surface area contributed by atoms with Gasteiger partial charge < -0.3 is 4.74 Å². The second-order valence-corrected chi connectivity index (χ2v) is 7.70. The molecule has 140 valence electrons. The van der Waals surface area contributed by atoms with Crippen LogP contribution in [0, 0.1) is 6.92 Å². The number of hydrogen-bond donors (Lipinski definition) is 1. The first-order valence-electron chi connectivity index (χ1n) is 8.36. The molecule has 0 fully saturated rings. The third kappa shape index (κ3) is 3.80. The summed E-state index contributed by atoms with van der Waals surface area (Å²) in [6.45, 7) is 7.08. The van der Waals surface area contributed by atoms with E-state index < -0.39 is 23.5 Å². The number of rotatable bonds is 2. The Kier molecular flexibility index (Phi) is 4.70. The molecule has 0 aliphatic carbocycles. The summed E-state index contributed by atoms with van der Waals surface area (Å²) in [4.78, 5) is 38.4. The molecule has 0 saturated carbocycles. The van der Waals surface area contributed by atoms with E-state index in [0.29, 0.717) is 27.5 Å². The summed E-state index contributed by atoms with van der Waals surface area (Å²) in [6, 6.07) is 9.52. The largest absolute Gasteiger partial charge is 0.444 e. The fourth-order valence-electron chi connectivity index (χ4n) is 2.84. The van der Waals surface area contributed by atoms with Crippen LogP contribution in [0.25, 0.3) is 0 Å². The molecule has 0 spiro atoms. The summed E-state index contributed by atoms with van der Waals surface area (Å²) >= 11 is 5.94. The Morgan fingerprint density at radius 3 is 2.33 bits per heavy atom. The molecule has 0 bridgehead atoms. The third-order valence-corrected chi connectivity index (χ3v) is 4.17. The third-order valence-electron chi connectivity index (χ3n) is 3.93. The number of nitrogens with zero attached hydrogens (tertiary/aromatic N) is 1. The van der Waals surface area contributed by atoms with Crippen LogP contribution in [0.1, 0.15) is 47.1 Å². The normalized spacial score (nSPS) is 13.6.